The Labute approximate surface area is 196 Å². The predicted octanol–water partition coefficient (Wildman–Crippen LogP) is 3.35. The molecule has 8 nitrogen and oxygen atoms in total. The first-order chi connectivity index (χ1) is 16.1. The molecule has 174 valence electrons. The van der Waals surface area contributed by atoms with Gasteiger partial charge in [-0.05, 0) is 54.3 Å². The lowest BCUT2D eigenvalue weighted by Crippen LogP contribution is -2.37. The van der Waals surface area contributed by atoms with Crippen LogP contribution in [0.4, 0.5) is 5.69 Å². The van der Waals surface area contributed by atoms with Gasteiger partial charge >= 0.3 is 0 Å². The molecule has 0 saturated heterocycles. The molecule has 34 heavy (non-hydrogen) atoms. The number of carbonyl (C=O) groups excluding carboxylic acids is 3. The van der Waals surface area contributed by atoms with Crippen molar-refractivity contribution in [1.82, 2.24) is 4.57 Å². The van der Waals surface area contributed by atoms with Crippen molar-refractivity contribution in [2.24, 2.45) is 11.1 Å². The smallest absolute Gasteiger partial charge is 0.268 e. The second-order valence-electron chi connectivity index (χ2n) is 9.06. The van der Waals surface area contributed by atoms with Crippen LogP contribution in [0.3, 0.4) is 0 Å². The largest absolute Gasteiger partial charge is 0.497 e. The monoisotopic (exact) mass is 459 g/mol. The first kappa shape index (κ1) is 23.0. The molecule has 2 aromatic carbocycles. The number of para-hydroxylation sites is 1. The molecule has 4 rings (SSSR count). The number of hydrogen-bond donors (Lipinski definition) is 2. The molecule has 2 amide bonds. The van der Waals surface area contributed by atoms with Gasteiger partial charge in [-0.25, -0.2) is 0 Å². The van der Waals surface area contributed by atoms with Crippen molar-refractivity contribution in [2.45, 2.75) is 26.7 Å². The number of nitrogens with zero attached hydrogens (tertiary/aromatic N) is 1. The molecule has 0 unspecified atom stereocenters. The third-order valence-corrected chi connectivity index (χ3v) is 5.90. The summed E-state index contributed by atoms with van der Waals surface area (Å²) in [5.41, 5.74) is 6.00. The van der Waals surface area contributed by atoms with E-state index in [-0.39, 0.29) is 28.0 Å². The summed E-state index contributed by atoms with van der Waals surface area (Å²) in [6.07, 6.45) is 0.786. The number of aromatic nitrogens is 1. The number of hydrogen-bond acceptors (Lipinski definition) is 5. The Morgan fingerprint density at radius 3 is 2.32 bits per heavy atom. The van der Waals surface area contributed by atoms with E-state index in [1.165, 1.54) is 22.8 Å². The quantitative estimate of drug-likeness (QED) is 0.606. The van der Waals surface area contributed by atoms with E-state index in [4.69, 9.17) is 10.5 Å². The van der Waals surface area contributed by atoms with E-state index in [1.807, 2.05) is 13.8 Å². The molecular weight excluding hydrogens is 434 g/mol. The third kappa shape index (κ3) is 4.22. The molecule has 0 bridgehead atoms. The Morgan fingerprint density at radius 1 is 1.00 bits per heavy atom. The highest BCUT2D eigenvalue weighted by Gasteiger charge is 2.35. The molecule has 1 aliphatic carbocycles. The average Bonchev–Trinajstić information content (AvgIpc) is 2.78. The number of nitrogens with one attached hydrogen (secondary N) is 1. The van der Waals surface area contributed by atoms with Crippen LogP contribution in [0.25, 0.3) is 5.69 Å². The van der Waals surface area contributed by atoms with Gasteiger partial charge in [0.25, 0.3) is 17.4 Å². The van der Waals surface area contributed by atoms with E-state index < -0.39 is 17.4 Å². The lowest BCUT2D eigenvalue weighted by molar-refractivity contribution is 0.0908. The van der Waals surface area contributed by atoms with Gasteiger partial charge in [-0.15, -0.1) is 0 Å². The highest BCUT2D eigenvalue weighted by Crippen LogP contribution is 2.35. The number of nitrogens with two attached hydrogens (primary N) is 1. The number of benzene rings is 2. The zero-order chi connectivity index (χ0) is 24.6. The maximum atomic E-state index is 13.6. The van der Waals surface area contributed by atoms with E-state index in [9.17, 15) is 19.2 Å². The molecule has 1 heterocycles. The topological polar surface area (TPSA) is 120 Å². The zero-order valence-corrected chi connectivity index (χ0v) is 19.2. The number of Topliss-reactive ketones (excluding diaryl/α,β-unsaturated/α-hetero) is 1. The Bertz CT molecular complexity index is 1370. The molecule has 0 fully saturated rings. The molecular formula is C26H25N3O5. The molecule has 3 aromatic rings. The van der Waals surface area contributed by atoms with Crippen LogP contribution in [0.5, 0.6) is 5.75 Å². The molecule has 0 spiro atoms. The van der Waals surface area contributed by atoms with Gasteiger partial charge in [0.15, 0.2) is 5.78 Å². The summed E-state index contributed by atoms with van der Waals surface area (Å²) in [7, 11) is 1.54. The fraction of sp³-hybridized carbons (Fsp3) is 0.231. The lowest BCUT2D eigenvalue weighted by atomic mass is 9.75. The SMILES string of the molecule is COc1ccc(-n2c3c(cc(C(=O)Nc4ccccc4C(N)=O)c2=O)C(=O)CC(C)(C)C3)cc1. The first-order valence-electron chi connectivity index (χ1n) is 10.8. The van der Waals surface area contributed by atoms with Crippen LogP contribution >= 0.6 is 0 Å². The highest BCUT2D eigenvalue weighted by molar-refractivity contribution is 6.10. The number of pyridine rings is 1. The van der Waals surface area contributed by atoms with Crippen LogP contribution < -0.4 is 21.3 Å². The summed E-state index contributed by atoms with van der Waals surface area (Å²) in [4.78, 5) is 51.6. The van der Waals surface area contributed by atoms with Crippen molar-refractivity contribution < 1.29 is 19.1 Å². The van der Waals surface area contributed by atoms with Gasteiger partial charge in [0.2, 0.25) is 0 Å². The van der Waals surface area contributed by atoms with Crippen LogP contribution in [-0.4, -0.2) is 29.3 Å². The second-order valence-corrected chi connectivity index (χ2v) is 9.06. The number of fused-ring (bicyclic) bond motifs is 1. The standard InChI is InChI=1S/C26H25N3O5/c1-26(2)13-21-18(22(30)14-26)12-19(24(32)28-20-7-5-4-6-17(20)23(27)31)25(33)29(21)15-8-10-16(34-3)11-9-15/h4-12H,13-14H2,1-3H3,(H2,27,31)(H,28,32). The van der Waals surface area contributed by atoms with E-state index in [0.29, 0.717) is 35.5 Å². The Morgan fingerprint density at radius 2 is 1.68 bits per heavy atom. The Hall–Kier alpha value is -4.20. The fourth-order valence-electron chi connectivity index (χ4n) is 4.28. The van der Waals surface area contributed by atoms with Crippen LogP contribution in [0.2, 0.25) is 0 Å². The van der Waals surface area contributed by atoms with Gasteiger partial charge in [0.05, 0.1) is 18.4 Å². The number of carbonyl (C=O) groups is 3. The number of primary amides is 1. The van der Waals surface area contributed by atoms with Crippen molar-refractivity contribution in [3.05, 3.63) is 87.3 Å². The molecule has 0 radical (unpaired) electrons. The van der Waals surface area contributed by atoms with Gasteiger partial charge in [0.1, 0.15) is 11.3 Å². The number of methoxy groups -OCH3 is 1. The molecule has 0 aliphatic heterocycles. The van der Waals surface area contributed by atoms with Crippen molar-refractivity contribution in [2.75, 3.05) is 12.4 Å². The molecule has 1 aliphatic rings. The second kappa shape index (κ2) is 8.62. The maximum Gasteiger partial charge on any atom is 0.268 e. The predicted molar refractivity (Wildman–Crippen MR) is 128 cm³/mol. The van der Waals surface area contributed by atoms with E-state index in [2.05, 4.69) is 5.32 Å². The van der Waals surface area contributed by atoms with E-state index in [1.54, 1.807) is 43.5 Å². The van der Waals surface area contributed by atoms with Crippen LogP contribution in [-0.2, 0) is 6.42 Å². The van der Waals surface area contributed by atoms with Crippen LogP contribution in [0.15, 0.2) is 59.4 Å². The minimum atomic E-state index is -0.735. The minimum Gasteiger partial charge on any atom is -0.497 e. The van der Waals surface area contributed by atoms with E-state index >= 15 is 0 Å². The number of ether oxygens (including phenoxy) is 1. The number of ketones is 1. The Kier molecular flexibility index (Phi) is 5.83. The van der Waals surface area contributed by atoms with Crippen molar-refractivity contribution >= 4 is 23.3 Å². The van der Waals surface area contributed by atoms with Gasteiger partial charge < -0.3 is 15.8 Å². The maximum absolute atomic E-state index is 13.6. The molecule has 3 N–H and O–H groups in total. The first-order valence-corrected chi connectivity index (χ1v) is 10.8. The minimum absolute atomic E-state index is 0.113. The Balaban J connectivity index is 1.89. The number of amides is 2. The van der Waals surface area contributed by atoms with Crippen LogP contribution in [0.1, 0.15) is 57.0 Å². The van der Waals surface area contributed by atoms with Gasteiger partial charge in [-0.2, -0.15) is 0 Å². The van der Waals surface area contributed by atoms with Gasteiger partial charge in [-0.3, -0.25) is 23.7 Å². The summed E-state index contributed by atoms with van der Waals surface area (Å²) in [6, 6.07) is 14.4. The van der Waals surface area contributed by atoms with Gasteiger partial charge in [-0.1, -0.05) is 26.0 Å². The summed E-state index contributed by atoms with van der Waals surface area (Å²) >= 11 is 0. The lowest BCUT2D eigenvalue weighted by Gasteiger charge is -2.32. The number of rotatable bonds is 5. The summed E-state index contributed by atoms with van der Waals surface area (Å²) in [6.45, 7) is 3.94. The zero-order valence-electron chi connectivity index (χ0n) is 19.2. The molecule has 1 aromatic heterocycles. The van der Waals surface area contributed by atoms with Crippen molar-refractivity contribution in [3.63, 3.8) is 0 Å². The summed E-state index contributed by atoms with van der Waals surface area (Å²) in [5, 5.41) is 2.60. The third-order valence-electron chi connectivity index (χ3n) is 5.90. The fourth-order valence-corrected chi connectivity index (χ4v) is 4.28. The van der Waals surface area contributed by atoms with Crippen molar-refractivity contribution in [1.29, 1.82) is 0 Å². The summed E-state index contributed by atoms with van der Waals surface area (Å²) in [5.74, 6) is -0.977. The van der Waals surface area contributed by atoms with Gasteiger partial charge in [0, 0.05) is 23.4 Å². The number of anilines is 1. The normalized spacial score (nSPS) is 14.3. The van der Waals surface area contributed by atoms with Crippen molar-refractivity contribution in [3.8, 4) is 11.4 Å². The highest BCUT2D eigenvalue weighted by atomic mass is 16.5. The summed E-state index contributed by atoms with van der Waals surface area (Å²) < 4.78 is 6.63. The molecule has 0 atom stereocenters. The average molecular weight is 460 g/mol. The molecule has 8 heteroatoms. The van der Waals surface area contributed by atoms with E-state index in [0.717, 1.165) is 0 Å². The molecule has 0 saturated carbocycles. The van der Waals surface area contributed by atoms with Crippen LogP contribution in [0, 0.1) is 5.41 Å².